The number of carbonyl (C=O) groups excluding carboxylic acids is 1. The van der Waals surface area contributed by atoms with Gasteiger partial charge in [0.05, 0.1) is 6.61 Å². The van der Waals surface area contributed by atoms with E-state index in [1.54, 1.807) is 24.3 Å². The summed E-state index contributed by atoms with van der Waals surface area (Å²) in [6.45, 7) is 1.84. The third-order valence-corrected chi connectivity index (χ3v) is 3.19. The third kappa shape index (κ3) is 2.30. The molecule has 2 nitrogen and oxygen atoms in total. The average Bonchev–Trinajstić information content (AvgIpc) is 2.38. The molecule has 92 valence electrons. The van der Waals surface area contributed by atoms with Gasteiger partial charge in [-0.1, -0.05) is 47.5 Å². The van der Waals surface area contributed by atoms with Crippen molar-refractivity contribution in [2.45, 2.75) is 13.5 Å². The highest BCUT2D eigenvalue weighted by Crippen LogP contribution is 2.33. The molecule has 2 aromatic rings. The lowest BCUT2D eigenvalue weighted by molar-refractivity contribution is 0.112. The fourth-order valence-electron chi connectivity index (χ4n) is 1.99. The van der Waals surface area contributed by atoms with Gasteiger partial charge in [0.15, 0.2) is 6.29 Å². The molecule has 0 amide bonds. The summed E-state index contributed by atoms with van der Waals surface area (Å²) in [4.78, 5) is 11.1. The van der Waals surface area contributed by atoms with E-state index in [1.807, 2.05) is 19.1 Å². The van der Waals surface area contributed by atoms with Gasteiger partial charge in [-0.3, -0.25) is 4.79 Å². The van der Waals surface area contributed by atoms with Crippen LogP contribution >= 0.6 is 11.6 Å². The van der Waals surface area contributed by atoms with Crippen LogP contribution in [-0.4, -0.2) is 11.4 Å². The lowest BCUT2D eigenvalue weighted by Gasteiger charge is -2.12. The highest BCUT2D eigenvalue weighted by Gasteiger charge is 2.12. The smallest absolute Gasteiger partial charge is 0.150 e. The second-order valence-corrected chi connectivity index (χ2v) is 4.55. The summed E-state index contributed by atoms with van der Waals surface area (Å²) in [6.07, 6.45) is 0.805. The number of rotatable bonds is 3. The predicted molar refractivity (Wildman–Crippen MR) is 72.9 cm³/mol. The van der Waals surface area contributed by atoms with E-state index in [-0.39, 0.29) is 6.61 Å². The van der Waals surface area contributed by atoms with Gasteiger partial charge >= 0.3 is 0 Å². The van der Waals surface area contributed by atoms with Gasteiger partial charge in [0.1, 0.15) is 0 Å². The molecular weight excluding hydrogens is 248 g/mol. The first kappa shape index (κ1) is 12.8. The molecule has 2 aromatic carbocycles. The van der Waals surface area contributed by atoms with Crippen molar-refractivity contribution in [1.29, 1.82) is 0 Å². The van der Waals surface area contributed by atoms with Crippen LogP contribution in [0.1, 0.15) is 21.5 Å². The van der Waals surface area contributed by atoms with Crippen LogP contribution in [0.15, 0.2) is 36.4 Å². The topological polar surface area (TPSA) is 37.3 Å². The molecule has 1 N–H and O–H groups in total. The zero-order valence-corrected chi connectivity index (χ0v) is 10.7. The third-order valence-electron chi connectivity index (χ3n) is 2.88. The average molecular weight is 261 g/mol. The zero-order chi connectivity index (χ0) is 13.1. The largest absolute Gasteiger partial charge is 0.392 e. The Balaban J connectivity index is 2.75. The van der Waals surface area contributed by atoms with Crippen LogP contribution in [0.25, 0.3) is 11.1 Å². The molecule has 0 unspecified atom stereocenters. The van der Waals surface area contributed by atoms with E-state index < -0.39 is 0 Å². The number of hydrogen-bond acceptors (Lipinski definition) is 2. The SMILES string of the molecule is Cc1ccc(C=O)c(-c2c(Cl)cccc2CO)c1. The Bertz CT molecular complexity index is 591. The number of benzene rings is 2. The molecule has 0 radical (unpaired) electrons. The highest BCUT2D eigenvalue weighted by atomic mass is 35.5. The first-order valence-corrected chi connectivity index (χ1v) is 5.99. The molecule has 3 heteroatoms. The van der Waals surface area contributed by atoms with Gasteiger partial charge in [0.2, 0.25) is 0 Å². The summed E-state index contributed by atoms with van der Waals surface area (Å²) in [7, 11) is 0. The van der Waals surface area contributed by atoms with Crippen molar-refractivity contribution in [3.63, 3.8) is 0 Å². The van der Waals surface area contributed by atoms with Crippen LogP contribution in [0.2, 0.25) is 5.02 Å². The quantitative estimate of drug-likeness (QED) is 0.856. The molecular formula is C15H13ClO2. The Hall–Kier alpha value is -1.64. The summed E-state index contributed by atoms with van der Waals surface area (Å²) in [6, 6.07) is 10.9. The molecule has 0 bridgehead atoms. The highest BCUT2D eigenvalue weighted by molar-refractivity contribution is 6.33. The van der Waals surface area contributed by atoms with Crippen molar-refractivity contribution in [2.75, 3.05) is 0 Å². The van der Waals surface area contributed by atoms with Crippen LogP contribution in [0.4, 0.5) is 0 Å². The number of aldehydes is 1. The van der Waals surface area contributed by atoms with E-state index in [2.05, 4.69) is 0 Å². The summed E-state index contributed by atoms with van der Waals surface area (Å²) >= 11 is 6.20. The standard InChI is InChI=1S/C15H13ClO2/c1-10-5-6-11(8-17)13(7-10)15-12(9-18)3-2-4-14(15)16/h2-8,18H,9H2,1H3. The van der Waals surface area contributed by atoms with Crippen LogP contribution < -0.4 is 0 Å². The van der Waals surface area contributed by atoms with Gasteiger partial charge < -0.3 is 5.11 Å². The van der Waals surface area contributed by atoms with E-state index in [0.717, 1.165) is 28.5 Å². The van der Waals surface area contributed by atoms with Crippen molar-refractivity contribution in [2.24, 2.45) is 0 Å². The van der Waals surface area contributed by atoms with Gasteiger partial charge in [-0.2, -0.15) is 0 Å². The van der Waals surface area contributed by atoms with Crippen molar-refractivity contribution in [3.05, 3.63) is 58.1 Å². The summed E-state index contributed by atoms with van der Waals surface area (Å²) < 4.78 is 0. The number of hydrogen-bond donors (Lipinski definition) is 1. The molecule has 0 spiro atoms. The lowest BCUT2D eigenvalue weighted by atomic mass is 9.94. The summed E-state index contributed by atoms with van der Waals surface area (Å²) in [5.74, 6) is 0. The fourth-order valence-corrected chi connectivity index (χ4v) is 2.29. The predicted octanol–water partition coefficient (Wildman–Crippen LogP) is 3.62. The maximum absolute atomic E-state index is 11.1. The minimum absolute atomic E-state index is 0.109. The minimum atomic E-state index is -0.109. The monoisotopic (exact) mass is 260 g/mol. The van der Waals surface area contributed by atoms with Gasteiger partial charge in [0.25, 0.3) is 0 Å². The van der Waals surface area contributed by atoms with E-state index in [9.17, 15) is 9.90 Å². The first-order chi connectivity index (χ1) is 8.67. The maximum Gasteiger partial charge on any atom is 0.150 e. The van der Waals surface area contributed by atoms with Crippen molar-refractivity contribution in [1.82, 2.24) is 0 Å². The summed E-state index contributed by atoms with van der Waals surface area (Å²) in [5, 5.41) is 9.93. The summed E-state index contributed by atoms with van der Waals surface area (Å²) in [5.41, 5.74) is 3.83. The Kier molecular flexibility index (Phi) is 3.80. The molecule has 0 saturated heterocycles. The normalized spacial score (nSPS) is 10.4. The van der Waals surface area contributed by atoms with Crippen molar-refractivity contribution in [3.8, 4) is 11.1 Å². The lowest BCUT2D eigenvalue weighted by Crippen LogP contribution is -1.95. The number of aliphatic hydroxyl groups is 1. The molecule has 0 aliphatic rings. The van der Waals surface area contributed by atoms with Crippen molar-refractivity contribution < 1.29 is 9.90 Å². The number of aryl methyl sites for hydroxylation is 1. The van der Waals surface area contributed by atoms with Crippen molar-refractivity contribution >= 4 is 17.9 Å². The second kappa shape index (κ2) is 5.34. The van der Waals surface area contributed by atoms with Crippen LogP contribution in [0.3, 0.4) is 0 Å². The number of halogens is 1. The van der Waals surface area contributed by atoms with Gasteiger partial charge in [0, 0.05) is 16.1 Å². The van der Waals surface area contributed by atoms with E-state index in [4.69, 9.17) is 11.6 Å². The van der Waals surface area contributed by atoms with E-state index in [1.165, 1.54) is 0 Å². The van der Waals surface area contributed by atoms with E-state index >= 15 is 0 Å². The Morgan fingerprint density at radius 2 is 2.06 bits per heavy atom. The first-order valence-electron chi connectivity index (χ1n) is 5.62. The molecule has 2 rings (SSSR count). The Morgan fingerprint density at radius 3 is 2.72 bits per heavy atom. The van der Waals surface area contributed by atoms with Crippen LogP contribution in [0, 0.1) is 6.92 Å². The molecule has 0 aliphatic heterocycles. The molecule has 0 atom stereocenters. The molecule has 0 fully saturated rings. The molecule has 0 aliphatic carbocycles. The molecule has 0 aromatic heterocycles. The second-order valence-electron chi connectivity index (χ2n) is 4.14. The van der Waals surface area contributed by atoms with Gasteiger partial charge in [-0.05, 0) is 24.1 Å². The van der Waals surface area contributed by atoms with Crippen LogP contribution in [-0.2, 0) is 6.61 Å². The maximum atomic E-state index is 11.1. The van der Waals surface area contributed by atoms with Gasteiger partial charge in [-0.15, -0.1) is 0 Å². The molecule has 0 heterocycles. The van der Waals surface area contributed by atoms with Gasteiger partial charge in [-0.25, -0.2) is 0 Å². The number of aliphatic hydroxyl groups excluding tert-OH is 1. The molecule has 18 heavy (non-hydrogen) atoms. The van der Waals surface area contributed by atoms with E-state index in [0.29, 0.717) is 10.6 Å². The Labute approximate surface area is 111 Å². The number of carbonyl (C=O) groups is 1. The Morgan fingerprint density at radius 1 is 1.28 bits per heavy atom. The zero-order valence-electron chi connectivity index (χ0n) is 9.98. The fraction of sp³-hybridized carbons (Fsp3) is 0.133. The molecule has 0 saturated carbocycles. The minimum Gasteiger partial charge on any atom is -0.392 e. The van der Waals surface area contributed by atoms with Crippen LogP contribution in [0.5, 0.6) is 0 Å².